The number of amides is 1. The monoisotopic (exact) mass is 347 g/mol. The van der Waals surface area contributed by atoms with E-state index < -0.39 is 0 Å². The highest BCUT2D eigenvalue weighted by molar-refractivity contribution is 5.83. The maximum absolute atomic E-state index is 12.4. The molecule has 140 valence electrons. The highest BCUT2D eigenvalue weighted by atomic mass is 16.5. The van der Waals surface area contributed by atoms with Crippen molar-refractivity contribution in [1.82, 2.24) is 5.32 Å². The van der Waals surface area contributed by atoms with Crippen molar-refractivity contribution >= 4 is 5.91 Å². The lowest BCUT2D eigenvalue weighted by molar-refractivity contribution is -0.916. The maximum atomic E-state index is 12.4. The predicted molar refractivity (Wildman–Crippen MR) is 103 cm³/mol. The average Bonchev–Trinajstić information content (AvgIpc) is 2.59. The van der Waals surface area contributed by atoms with Crippen LogP contribution in [0.4, 0.5) is 0 Å². The van der Waals surface area contributed by atoms with Gasteiger partial charge >= 0.3 is 0 Å². The molecule has 0 bridgehead atoms. The third-order valence-corrected chi connectivity index (χ3v) is 5.24. The van der Waals surface area contributed by atoms with E-state index in [4.69, 9.17) is 4.74 Å². The molecule has 1 saturated heterocycles. The van der Waals surface area contributed by atoms with Crippen LogP contribution in [0.5, 0.6) is 0 Å². The number of likely N-dealkylation sites (N-methyl/N-ethyl adjacent to an activating group) is 1. The first-order valence-electron chi connectivity index (χ1n) is 9.67. The van der Waals surface area contributed by atoms with Crippen LogP contribution in [0, 0.1) is 5.92 Å². The van der Waals surface area contributed by atoms with Crippen molar-refractivity contribution in [2.24, 2.45) is 5.92 Å². The first kappa shape index (κ1) is 19.9. The van der Waals surface area contributed by atoms with E-state index in [1.807, 2.05) is 6.92 Å². The normalized spacial score (nSPS) is 18.1. The Morgan fingerprint density at radius 2 is 1.80 bits per heavy atom. The molecule has 0 aliphatic carbocycles. The molecule has 1 aromatic rings. The number of nitrogens with one attached hydrogen (secondary N) is 1. The van der Waals surface area contributed by atoms with E-state index in [0.717, 1.165) is 62.3 Å². The van der Waals surface area contributed by atoms with E-state index in [1.165, 1.54) is 5.56 Å². The van der Waals surface area contributed by atoms with Gasteiger partial charge in [0.05, 0.1) is 32.7 Å². The van der Waals surface area contributed by atoms with Crippen LogP contribution in [0.2, 0.25) is 0 Å². The number of benzene rings is 1. The lowest BCUT2D eigenvalue weighted by atomic mass is 9.96. The molecule has 0 spiro atoms. The van der Waals surface area contributed by atoms with Crippen molar-refractivity contribution in [2.45, 2.75) is 39.5 Å². The third-order valence-electron chi connectivity index (χ3n) is 5.24. The lowest BCUT2D eigenvalue weighted by Gasteiger charge is -2.37. The molecule has 1 atom stereocenters. The van der Waals surface area contributed by atoms with Gasteiger partial charge in [-0.25, -0.2) is 0 Å². The molecule has 2 rings (SSSR count). The molecule has 1 heterocycles. The summed E-state index contributed by atoms with van der Waals surface area (Å²) in [5.41, 5.74) is 2.44. The zero-order chi connectivity index (χ0) is 18.3. The second-order valence-electron chi connectivity index (χ2n) is 8.11. The largest absolute Gasteiger partial charge is 0.370 e. The molecule has 0 unspecified atom stereocenters. The van der Waals surface area contributed by atoms with Crippen molar-refractivity contribution in [1.29, 1.82) is 0 Å². The standard InChI is InChI=1S/C21H34N2O2/c1-17(2)16-19-6-8-20(9-7-19)18(3)21(24)22-10-5-11-23(4)12-14-25-15-13-23/h6-9,17-18H,5,10-16H2,1-4H3/p+1/t18-/m1/s1. The number of rotatable bonds is 8. The van der Waals surface area contributed by atoms with Gasteiger partial charge in [-0.3, -0.25) is 4.79 Å². The van der Waals surface area contributed by atoms with Gasteiger partial charge in [-0.1, -0.05) is 38.1 Å². The minimum atomic E-state index is -0.0961. The topological polar surface area (TPSA) is 38.3 Å². The van der Waals surface area contributed by atoms with Crippen LogP contribution in [0.1, 0.15) is 44.2 Å². The van der Waals surface area contributed by atoms with Gasteiger partial charge in [0, 0.05) is 13.0 Å². The number of hydrogen-bond acceptors (Lipinski definition) is 2. The van der Waals surface area contributed by atoms with E-state index >= 15 is 0 Å². The van der Waals surface area contributed by atoms with Gasteiger partial charge in [0.2, 0.25) is 5.91 Å². The Morgan fingerprint density at radius 3 is 2.40 bits per heavy atom. The van der Waals surface area contributed by atoms with Gasteiger partial charge < -0.3 is 14.5 Å². The molecule has 25 heavy (non-hydrogen) atoms. The predicted octanol–water partition coefficient (Wildman–Crippen LogP) is 2.97. The third kappa shape index (κ3) is 6.44. The lowest BCUT2D eigenvalue weighted by Crippen LogP contribution is -2.52. The van der Waals surface area contributed by atoms with Gasteiger partial charge in [0.25, 0.3) is 0 Å². The van der Waals surface area contributed by atoms with Crippen molar-refractivity contribution in [2.75, 3.05) is 46.4 Å². The van der Waals surface area contributed by atoms with Crippen LogP contribution < -0.4 is 5.32 Å². The summed E-state index contributed by atoms with van der Waals surface area (Å²) in [6.07, 6.45) is 2.10. The van der Waals surface area contributed by atoms with Crippen LogP contribution in [0.3, 0.4) is 0 Å². The average molecular weight is 348 g/mol. The smallest absolute Gasteiger partial charge is 0.227 e. The molecule has 1 aliphatic heterocycles. The molecule has 0 radical (unpaired) electrons. The molecule has 1 N–H and O–H groups in total. The number of hydrogen-bond donors (Lipinski definition) is 1. The van der Waals surface area contributed by atoms with Crippen molar-refractivity contribution in [3.63, 3.8) is 0 Å². The second kappa shape index (κ2) is 9.35. The summed E-state index contributed by atoms with van der Waals surface area (Å²) < 4.78 is 6.49. The van der Waals surface area contributed by atoms with E-state index in [-0.39, 0.29) is 11.8 Å². The Morgan fingerprint density at radius 1 is 1.16 bits per heavy atom. The highest BCUT2D eigenvalue weighted by Gasteiger charge is 2.24. The Kier molecular flexibility index (Phi) is 7.45. The van der Waals surface area contributed by atoms with Crippen LogP contribution in [-0.2, 0) is 16.0 Å². The van der Waals surface area contributed by atoms with Crippen LogP contribution in [-0.4, -0.2) is 56.8 Å². The molecule has 0 aromatic heterocycles. The Balaban J connectivity index is 1.74. The minimum absolute atomic E-state index is 0.0961. The minimum Gasteiger partial charge on any atom is -0.370 e. The molecular formula is C21H35N2O2+. The fraction of sp³-hybridized carbons (Fsp3) is 0.667. The van der Waals surface area contributed by atoms with Crippen molar-refractivity contribution in [3.8, 4) is 0 Å². The summed E-state index contributed by atoms with van der Waals surface area (Å²) >= 11 is 0. The number of morpholine rings is 1. The van der Waals surface area contributed by atoms with Gasteiger partial charge in [0.1, 0.15) is 13.1 Å². The SMILES string of the molecule is CC(C)Cc1ccc([C@@H](C)C(=O)NCCC[N+]2(C)CCOCC2)cc1. The van der Waals surface area contributed by atoms with E-state index in [9.17, 15) is 4.79 Å². The van der Waals surface area contributed by atoms with E-state index in [0.29, 0.717) is 5.92 Å². The van der Waals surface area contributed by atoms with Crippen LogP contribution in [0.25, 0.3) is 0 Å². The molecule has 1 amide bonds. The Hall–Kier alpha value is -1.39. The zero-order valence-electron chi connectivity index (χ0n) is 16.4. The molecule has 1 fully saturated rings. The summed E-state index contributed by atoms with van der Waals surface area (Å²) in [6, 6.07) is 8.51. The van der Waals surface area contributed by atoms with Gasteiger partial charge in [-0.15, -0.1) is 0 Å². The number of ether oxygens (including phenoxy) is 1. The Labute approximate surface area is 153 Å². The summed E-state index contributed by atoms with van der Waals surface area (Å²) in [4.78, 5) is 12.4. The number of nitrogens with zero attached hydrogens (tertiary/aromatic N) is 1. The van der Waals surface area contributed by atoms with Gasteiger partial charge in [-0.05, 0) is 30.4 Å². The summed E-state index contributed by atoms with van der Waals surface area (Å²) in [7, 11) is 2.28. The molecule has 1 aromatic carbocycles. The van der Waals surface area contributed by atoms with Crippen LogP contribution in [0.15, 0.2) is 24.3 Å². The first-order chi connectivity index (χ1) is 11.9. The molecule has 0 saturated carbocycles. The van der Waals surface area contributed by atoms with Crippen molar-refractivity contribution < 1.29 is 14.0 Å². The number of quaternary nitrogens is 1. The Bertz CT molecular complexity index is 533. The number of carbonyl (C=O) groups excluding carboxylic acids is 1. The van der Waals surface area contributed by atoms with E-state index in [2.05, 4.69) is 50.5 Å². The highest BCUT2D eigenvalue weighted by Crippen LogP contribution is 2.18. The first-order valence-corrected chi connectivity index (χ1v) is 9.67. The van der Waals surface area contributed by atoms with Gasteiger partial charge in [-0.2, -0.15) is 0 Å². The molecule has 4 nitrogen and oxygen atoms in total. The maximum Gasteiger partial charge on any atom is 0.227 e. The fourth-order valence-electron chi connectivity index (χ4n) is 3.40. The van der Waals surface area contributed by atoms with Crippen molar-refractivity contribution in [3.05, 3.63) is 35.4 Å². The summed E-state index contributed by atoms with van der Waals surface area (Å²) in [6.45, 7) is 12.2. The molecular weight excluding hydrogens is 312 g/mol. The fourth-order valence-corrected chi connectivity index (χ4v) is 3.40. The quantitative estimate of drug-likeness (QED) is 0.580. The zero-order valence-corrected chi connectivity index (χ0v) is 16.4. The summed E-state index contributed by atoms with van der Waals surface area (Å²) in [5.74, 6) is 0.685. The molecule has 4 heteroatoms. The summed E-state index contributed by atoms with van der Waals surface area (Å²) in [5, 5.41) is 3.10. The number of carbonyl (C=O) groups is 1. The van der Waals surface area contributed by atoms with Gasteiger partial charge in [0.15, 0.2) is 0 Å². The molecule has 1 aliphatic rings. The van der Waals surface area contributed by atoms with Crippen LogP contribution >= 0.6 is 0 Å². The second-order valence-corrected chi connectivity index (χ2v) is 8.11. The van der Waals surface area contributed by atoms with E-state index in [1.54, 1.807) is 0 Å².